The zero-order valence-corrected chi connectivity index (χ0v) is 11.2. The van der Waals surface area contributed by atoms with Crippen LogP contribution < -0.4 is 4.72 Å². The number of hydrogen-bond donors (Lipinski definition) is 2. The van der Waals surface area contributed by atoms with Crippen molar-refractivity contribution in [2.45, 2.75) is 18.7 Å². The molecule has 7 heteroatoms. The number of aromatic nitrogens is 2. The van der Waals surface area contributed by atoms with Gasteiger partial charge >= 0.3 is 0 Å². The van der Waals surface area contributed by atoms with Crippen LogP contribution in [0.25, 0.3) is 0 Å². The lowest BCUT2D eigenvalue weighted by molar-refractivity contribution is 0.600. The number of nitriles is 1. The molecule has 1 aromatic heterocycles. The summed E-state index contributed by atoms with van der Waals surface area (Å²) in [5, 5.41) is 15.1. The maximum Gasteiger partial charge on any atom is 0.265 e. The van der Waals surface area contributed by atoms with Crippen LogP contribution in [0, 0.1) is 25.2 Å². The lowest BCUT2D eigenvalue weighted by atomic mass is 10.1. The number of H-pyrrole nitrogens is 1. The largest absolute Gasteiger partial charge is 0.281 e. The zero-order valence-electron chi connectivity index (χ0n) is 10.4. The molecule has 0 aliphatic carbocycles. The van der Waals surface area contributed by atoms with Crippen LogP contribution in [0.1, 0.15) is 16.8 Å². The first kappa shape index (κ1) is 13.1. The van der Waals surface area contributed by atoms with E-state index in [2.05, 4.69) is 14.9 Å². The minimum Gasteiger partial charge on any atom is -0.281 e. The molecule has 0 saturated heterocycles. The van der Waals surface area contributed by atoms with Crippen LogP contribution in [0.15, 0.2) is 29.3 Å². The molecule has 0 amide bonds. The number of aryl methyl sites for hydroxylation is 2. The maximum atomic E-state index is 12.2. The smallest absolute Gasteiger partial charge is 0.265 e. The molecule has 2 rings (SSSR count). The summed E-state index contributed by atoms with van der Waals surface area (Å²) in [6.45, 7) is 3.39. The predicted octanol–water partition coefficient (Wildman–Crippen LogP) is 1.70. The van der Waals surface area contributed by atoms with E-state index in [9.17, 15) is 8.42 Å². The van der Waals surface area contributed by atoms with E-state index in [0.29, 0.717) is 16.9 Å². The third-order valence-electron chi connectivity index (χ3n) is 2.68. The average Bonchev–Trinajstić information content (AvgIpc) is 2.79. The summed E-state index contributed by atoms with van der Waals surface area (Å²) >= 11 is 0. The SMILES string of the molecule is Cc1ccc(C#N)cc1NS(=O)(=O)c1cn[nH]c1C. The van der Waals surface area contributed by atoms with Gasteiger partial charge in [-0.2, -0.15) is 10.4 Å². The molecule has 2 N–H and O–H groups in total. The number of hydrogen-bond acceptors (Lipinski definition) is 4. The predicted molar refractivity (Wildman–Crippen MR) is 70.0 cm³/mol. The van der Waals surface area contributed by atoms with Gasteiger partial charge in [0.15, 0.2) is 0 Å². The molecule has 0 fully saturated rings. The van der Waals surface area contributed by atoms with Gasteiger partial charge in [-0.1, -0.05) is 6.07 Å². The first-order valence-corrected chi connectivity index (χ1v) is 6.96. The van der Waals surface area contributed by atoms with E-state index in [1.54, 1.807) is 26.0 Å². The Bertz CT molecular complexity index is 756. The monoisotopic (exact) mass is 276 g/mol. The van der Waals surface area contributed by atoms with Crippen LogP contribution in [0.4, 0.5) is 5.69 Å². The molecule has 0 radical (unpaired) electrons. The number of nitrogens with zero attached hydrogens (tertiary/aromatic N) is 2. The zero-order chi connectivity index (χ0) is 14.0. The lowest BCUT2D eigenvalue weighted by Gasteiger charge is -2.10. The molecule has 1 heterocycles. The first-order chi connectivity index (χ1) is 8.94. The van der Waals surface area contributed by atoms with Crippen molar-refractivity contribution in [3.05, 3.63) is 41.2 Å². The molecule has 1 aromatic carbocycles. The quantitative estimate of drug-likeness (QED) is 0.891. The number of sulfonamides is 1. The summed E-state index contributed by atoms with van der Waals surface area (Å²) in [6.07, 6.45) is 1.25. The highest BCUT2D eigenvalue weighted by atomic mass is 32.2. The van der Waals surface area contributed by atoms with E-state index in [0.717, 1.165) is 5.56 Å². The molecule has 0 saturated carbocycles. The Morgan fingerprint density at radius 3 is 2.68 bits per heavy atom. The Morgan fingerprint density at radius 1 is 1.37 bits per heavy atom. The summed E-state index contributed by atoms with van der Waals surface area (Å²) in [5.74, 6) is 0. The van der Waals surface area contributed by atoms with Crippen molar-refractivity contribution in [2.24, 2.45) is 0 Å². The minimum absolute atomic E-state index is 0.0919. The molecule has 98 valence electrons. The molecule has 0 aliphatic rings. The Hall–Kier alpha value is -2.33. The summed E-state index contributed by atoms with van der Waals surface area (Å²) in [6, 6.07) is 6.80. The fourth-order valence-corrected chi connectivity index (χ4v) is 2.87. The first-order valence-electron chi connectivity index (χ1n) is 5.47. The molecular formula is C12H12N4O2S. The molecule has 2 aromatic rings. The third kappa shape index (κ3) is 2.58. The van der Waals surface area contributed by atoms with Crippen molar-refractivity contribution in [3.8, 4) is 6.07 Å². The number of anilines is 1. The maximum absolute atomic E-state index is 12.2. The highest BCUT2D eigenvalue weighted by molar-refractivity contribution is 7.92. The van der Waals surface area contributed by atoms with Gasteiger partial charge in [-0.05, 0) is 31.5 Å². The molecule has 0 spiro atoms. The van der Waals surface area contributed by atoms with Crippen LogP contribution >= 0.6 is 0 Å². The van der Waals surface area contributed by atoms with Gasteiger partial charge in [0.25, 0.3) is 10.0 Å². The van der Waals surface area contributed by atoms with Crippen molar-refractivity contribution >= 4 is 15.7 Å². The van der Waals surface area contributed by atoms with Gasteiger partial charge in [0.05, 0.1) is 29.2 Å². The third-order valence-corrected chi connectivity index (χ3v) is 4.16. The Balaban J connectivity index is 2.42. The van der Waals surface area contributed by atoms with E-state index in [1.807, 2.05) is 6.07 Å². The van der Waals surface area contributed by atoms with Gasteiger partial charge in [0.2, 0.25) is 0 Å². The van der Waals surface area contributed by atoms with Crippen LogP contribution in [-0.2, 0) is 10.0 Å². The number of aromatic amines is 1. The van der Waals surface area contributed by atoms with Crippen LogP contribution in [0.3, 0.4) is 0 Å². The van der Waals surface area contributed by atoms with E-state index in [-0.39, 0.29) is 4.90 Å². The normalized spacial score (nSPS) is 11.0. The molecule has 19 heavy (non-hydrogen) atoms. The molecule has 6 nitrogen and oxygen atoms in total. The lowest BCUT2D eigenvalue weighted by Crippen LogP contribution is -2.14. The number of rotatable bonds is 3. The van der Waals surface area contributed by atoms with Gasteiger partial charge in [0.1, 0.15) is 4.90 Å². The second-order valence-corrected chi connectivity index (χ2v) is 5.76. The van der Waals surface area contributed by atoms with Gasteiger partial charge in [-0.3, -0.25) is 9.82 Å². The molecule has 0 bridgehead atoms. The van der Waals surface area contributed by atoms with Gasteiger partial charge < -0.3 is 0 Å². The molecule has 0 unspecified atom stereocenters. The Morgan fingerprint density at radius 2 is 2.11 bits per heavy atom. The van der Waals surface area contributed by atoms with Crippen LogP contribution in [0.2, 0.25) is 0 Å². The van der Waals surface area contributed by atoms with Crippen LogP contribution in [-0.4, -0.2) is 18.6 Å². The van der Waals surface area contributed by atoms with E-state index in [4.69, 9.17) is 5.26 Å². The fraction of sp³-hybridized carbons (Fsp3) is 0.167. The average molecular weight is 276 g/mol. The fourth-order valence-electron chi connectivity index (χ4n) is 1.61. The Kier molecular flexibility index (Phi) is 3.27. The van der Waals surface area contributed by atoms with Gasteiger partial charge in [-0.25, -0.2) is 8.42 Å². The van der Waals surface area contributed by atoms with E-state index < -0.39 is 10.0 Å². The van der Waals surface area contributed by atoms with Gasteiger partial charge in [-0.15, -0.1) is 0 Å². The van der Waals surface area contributed by atoms with Crippen molar-refractivity contribution < 1.29 is 8.42 Å². The summed E-state index contributed by atoms with van der Waals surface area (Å²) < 4.78 is 26.8. The van der Waals surface area contributed by atoms with E-state index in [1.165, 1.54) is 12.3 Å². The van der Waals surface area contributed by atoms with Crippen molar-refractivity contribution in [3.63, 3.8) is 0 Å². The number of nitrogens with one attached hydrogen (secondary N) is 2. The number of benzene rings is 1. The summed E-state index contributed by atoms with van der Waals surface area (Å²) in [5.41, 5.74) is 1.98. The highest BCUT2D eigenvalue weighted by Gasteiger charge is 2.19. The standard InChI is InChI=1S/C12H12N4O2S/c1-8-3-4-10(6-13)5-11(8)16-19(17,18)12-7-14-15-9(12)2/h3-5,7,16H,1-2H3,(H,14,15). The highest BCUT2D eigenvalue weighted by Crippen LogP contribution is 2.21. The van der Waals surface area contributed by atoms with Crippen molar-refractivity contribution in [1.82, 2.24) is 10.2 Å². The minimum atomic E-state index is -3.70. The summed E-state index contributed by atoms with van der Waals surface area (Å²) in [4.78, 5) is 0.0919. The molecular weight excluding hydrogens is 264 g/mol. The van der Waals surface area contributed by atoms with E-state index >= 15 is 0 Å². The van der Waals surface area contributed by atoms with Crippen molar-refractivity contribution in [2.75, 3.05) is 4.72 Å². The second-order valence-electron chi connectivity index (χ2n) is 4.11. The topological polar surface area (TPSA) is 98.6 Å². The van der Waals surface area contributed by atoms with Gasteiger partial charge in [0, 0.05) is 0 Å². The van der Waals surface area contributed by atoms with Crippen molar-refractivity contribution in [1.29, 1.82) is 5.26 Å². The second kappa shape index (κ2) is 4.74. The Labute approximate surface area is 111 Å². The van der Waals surface area contributed by atoms with Crippen LogP contribution in [0.5, 0.6) is 0 Å². The summed E-state index contributed by atoms with van der Waals surface area (Å²) in [7, 11) is -3.70. The molecule has 0 atom stereocenters. The molecule has 0 aliphatic heterocycles.